The fraction of sp³-hybridized carbons (Fsp3) is 0.700. The molecule has 0 aliphatic rings. The van der Waals surface area contributed by atoms with Crippen molar-refractivity contribution < 1.29 is 22.7 Å². The number of alkyl halides is 3. The highest BCUT2D eigenvalue weighted by molar-refractivity contribution is 5.75. The molecule has 1 heterocycles. The van der Waals surface area contributed by atoms with E-state index in [1.54, 1.807) is 11.7 Å². The smallest absolute Gasteiger partial charge is 0.383 e. The minimum atomic E-state index is -4.32. The van der Waals surface area contributed by atoms with Crippen molar-refractivity contribution in [1.29, 1.82) is 0 Å². The van der Waals surface area contributed by atoms with E-state index < -0.39 is 24.9 Å². The minimum Gasteiger partial charge on any atom is -0.383 e. The van der Waals surface area contributed by atoms with Gasteiger partial charge in [0.2, 0.25) is 5.91 Å². The molecule has 19 heavy (non-hydrogen) atoms. The van der Waals surface area contributed by atoms with Crippen LogP contribution < -0.4 is 5.32 Å². The molecule has 0 aliphatic heterocycles. The van der Waals surface area contributed by atoms with Crippen LogP contribution in [0.25, 0.3) is 0 Å². The first-order chi connectivity index (χ1) is 8.92. The molecule has 1 amide bonds. The molecule has 1 N–H and O–H groups in total. The number of hydrogen-bond donors (Lipinski definition) is 1. The van der Waals surface area contributed by atoms with Crippen LogP contribution in [0.3, 0.4) is 0 Å². The fourth-order valence-electron chi connectivity index (χ4n) is 1.31. The lowest BCUT2D eigenvalue weighted by Gasteiger charge is -2.08. The zero-order valence-electron chi connectivity index (χ0n) is 10.4. The van der Waals surface area contributed by atoms with Crippen LogP contribution in [0.1, 0.15) is 18.7 Å². The van der Waals surface area contributed by atoms with Crippen molar-refractivity contribution in [1.82, 2.24) is 20.1 Å². The highest BCUT2D eigenvalue weighted by atomic mass is 19.4. The molecule has 1 rings (SSSR count). The summed E-state index contributed by atoms with van der Waals surface area (Å²) < 4.78 is 42.3. The zero-order chi connectivity index (χ0) is 14.3. The molecular weight excluding hydrogens is 265 g/mol. The molecular formula is C10H15F3N4O2. The first kappa shape index (κ1) is 15.4. The Morgan fingerprint density at radius 2 is 2.26 bits per heavy atom. The lowest BCUT2D eigenvalue weighted by molar-refractivity contribution is -0.144. The van der Waals surface area contributed by atoms with Crippen LogP contribution in [0.2, 0.25) is 0 Å². The van der Waals surface area contributed by atoms with Gasteiger partial charge in [-0.1, -0.05) is 0 Å². The Morgan fingerprint density at radius 1 is 1.53 bits per heavy atom. The summed E-state index contributed by atoms with van der Waals surface area (Å²) in [5.41, 5.74) is 0. The van der Waals surface area contributed by atoms with Crippen LogP contribution >= 0.6 is 0 Å². The van der Waals surface area contributed by atoms with Crippen molar-refractivity contribution >= 4 is 5.91 Å². The van der Waals surface area contributed by atoms with Crippen LogP contribution in [0.15, 0.2) is 6.33 Å². The molecule has 0 saturated carbocycles. The Balaban J connectivity index is 2.36. The number of aromatic nitrogens is 3. The number of methoxy groups -OCH3 is 1. The highest BCUT2D eigenvalue weighted by Gasteiger charge is 2.27. The molecule has 0 aliphatic carbocycles. The Kier molecular flexibility index (Phi) is 5.74. The van der Waals surface area contributed by atoms with Crippen molar-refractivity contribution in [2.45, 2.75) is 32.1 Å². The Labute approximate surface area is 107 Å². The van der Waals surface area contributed by atoms with Gasteiger partial charge in [0, 0.05) is 20.1 Å². The van der Waals surface area contributed by atoms with Gasteiger partial charge in [0.15, 0.2) is 5.82 Å². The zero-order valence-corrected chi connectivity index (χ0v) is 10.4. The lowest BCUT2D eigenvalue weighted by Crippen LogP contribution is -2.26. The fourth-order valence-corrected chi connectivity index (χ4v) is 1.31. The van der Waals surface area contributed by atoms with E-state index in [0.29, 0.717) is 19.0 Å². The van der Waals surface area contributed by atoms with E-state index in [0.717, 1.165) is 0 Å². The summed E-state index contributed by atoms with van der Waals surface area (Å²) in [6.45, 7) is 1.00. The van der Waals surface area contributed by atoms with E-state index in [1.807, 2.05) is 0 Å². The summed E-state index contributed by atoms with van der Waals surface area (Å²) in [6.07, 6.45) is -4.57. The molecule has 0 saturated heterocycles. The van der Waals surface area contributed by atoms with Crippen LogP contribution in [-0.2, 0) is 22.6 Å². The van der Waals surface area contributed by atoms with Gasteiger partial charge in [-0.05, 0) is 0 Å². The van der Waals surface area contributed by atoms with E-state index >= 15 is 0 Å². The quantitative estimate of drug-likeness (QED) is 0.805. The molecule has 6 nitrogen and oxygen atoms in total. The average Bonchev–Trinajstić information content (AvgIpc) is 2.77. The van der Waals surface area contributed by atoms with Gasteiger partial charge in [0.1, 0.15) is 6.33 Å². The van der Waals surface area contributed by atoms with Gasteiger partial charge in [0.25, 0.3) is 0 Å². The number of amides is 1. The molecule has 1 aromatic heterocycles. The number of nitrogens with zero attached hydrogens (tertiary/aromatic N) is 3. The second-order valence-corrected chi connectivity index (χ2v) is 3.83. The third kappa shape index (κ3) is 6.18. The topological polar surface area (TPSA) is 69.0 Å². The van der Waals surface area contributed by atoms with Crippen molar-refractivity contribution in [2.24, 2.45) is 0 Å². The third-order valence-electron chi connectivity index (χ3n) is 2.31. The van der Waals surface area contributed by atoms with Gasteiger partial charge in [-0.3, -0.25) is 4.79 Å². The number of halogens is 3. The molecule has 0 bridgehead atoms. The predicted octanol–water partition coefficient (Wildman–Crippen LogP) is 0.883. The van der Waals surface area contributed by atoms with Crippen LogP contribution in [0.5, 0.6) is 0 Å². The van der Waals surface area contributed by atoms with Gasteiger partial charge in [-0.25, -0.2) is 0 Å². The normalized spacial score (nSPS) is 11.6. The molecule has 0 atom stereocenters. The first-order valence-corrected chi connectivity index (χ1v) is 5.61. The molecule has 0 spiro atoms. The standard InChI is InChI=1S/C10H15F3N4O2/c1-19-5-4-17-7-15-16-8(17)6-14-9(18)2-3-10(11,12)13/h7H,2-6H2,1H3,(H,14,18). The van der Waals surface area contributed by atoms with Gasteiger partial charge >= 0.3 is 6.18 Å². The second kappa shape index (κ2) is 7.07. The number of ether oxygens (including phenoxy) is 1. The van der Waals surface area contributed by atoms with Crippen LogP contribution in [-0.4, -0.2) is 40.6 Å². The maximum Gasteiger partial charge on any atom is 0.389 e. The molecule has 9 heteroatoms. The van der Waals surface area contributed by atoms with Gasteiger partial charge in [0.05, 0.1) is 19.6 Å². The maximum atomic E-state index is 11.9. The van der Waals surface area contributed by atoms with E-state index in [2.05, 4.69) is 15.5 Å². The van der Waals surface area contributed by atoms with E-state index in [1.165, 1.54) is 6.33 Å². The molecule has 0 radical (unpaired) electrons. The average molecular weight is 280 g/mol. The van der Waals surface area contributed by atoms with Crippen LogP contribution in [0, 0.1) is 0 Å². The summed E-state index contributed by atoms with van der Waals surface area (Å²) in [5, 5.41) is 9.81. The first-order valence-electron chi connectivity index (χ1n) is 5.61. The highest BCUT2D eigenvalue weighted by Crippen LogP contribution is 2.20. The summed E-state index contributed by atoms with van der Waals surface area (Å²) in [7, 11) is 1.54. The molecule has 0 unspecified atom stereocenters. The van der Waals surface area contributed by atoms with Gasteiger partial charge in [-0.15, -0.1) is 10.2 Å². The van der Waals surface area contributed by atoms with Crippen molar-refractivity contribution in [3.63, 3.8) is 0 Å². The number of carbonyl (C=O) groups excluding carboxylic acids is 1. The number of carbonyl (C=O) groups is 1. The predicted molar refractivity (Wildman–Crippen MR) is 59.0 cm³/mol. The summed E-state index contributed by atoms with van der Waals surface area (Å²) >= 11 is 0. The molecule has 108 valence electrons. The van der Waals surface area contributed by atoms with Gasteiger partial charge in [-0.2, -0.15) is 13.2 Å². The SMILES string of the molecule is COCCn1cnnc1CNC(=O)CCC(F)(F)F. The maximum absolute atomic E-state index is 11.9. The Hall–Kier alpha value is -1.64. The Morgan fingerprint density at radius 3 is 2.89 bits per heavy atom. The van der Waals surface area contributed by atoms with E-state index in [-0.39, 0.29) is 6.54 Å². The molecule has 0 fully saturated rings. The lowest BCUT2D eigenvalue weighted by atomic mass is 10.3. The summed E-state index contributed by atoms with van der Waals surface area (Å²) in [5.74, 6) is -0.198. The molecule has 0 aromatic carbocycles. The molecule has 1 aromatic rings. The minimum absolute atomic E-state index is 0.0421. The second-order valence-electron chi connectivity index (χ2n) is 3.83. The van der Waals surface area contributed by atoms with Crippen molar-refractivity contribution in [3.8, 4) is 0 Å². The number of hydrogen-bond acceptors (Lipinski definition) is 4. The third-order valence-corrected chi connectivity index (χ3v) is 2.31. The summed E-state index contributed by atoms with van der Waals surface area (Å²) in [6, 6.07) is 0. The van der Waals surface area contributed by atoms with Crippen molar-refractivity contribution in [2.75, 3.05) is 13.7 Å². The largest absolute Gasteiger partial charge is 0.389 e. The van der Waals surface area contributed by atoms with E-state index in [4.69, 9.17) is 4.74 Å². The summed E-state index contributed by atoms with van der Waals surface area (Å²) in [4.78, 5) is 11.2. The van der Waals surface area contributed by atoms with E-state index in [9.17, 15) is 18.0 Å². The number of nitrogens with one attached hydrogen (secondary N) is 1. The van der Waals surface area contributed by atoms with Gasteiger partial charge < -0.3 is 14.6 Å². The number of rotatable bonds is 7. The Bertz CT molecular complexity index is 406. The monoisotopic (exact) mass is 280 g/mol. The van der Waals surface area contributed by atoms with Crippen molar-refractivity contribution in [3.05, 3.63) is 12.2 Å². The van der Waals surface area contributed by atoms with Crippen LogP contribution in [0.4, 0.5) is 13.2 Å².